The minimum absolute atomic E-state index is 0.0625. The Kier molecular flexibility index (Phi) is 6.54. The number of hydrogen-bond donors (Lipinski definition) is 1. The van der Waals surface area contributed by atoms with Gasteiger partial charge in [0.25, 0.3) is 0 Å². The Balaban J connectivity index is 1.25. The van der Waals surface area contributed by atoms with Gasteiger partial charge in [-0.25, -0.2) is 8.78 Å². The number of hydrogen-bond acceptors (Lipinski definition) is 7. The Labute approximate surface area is 255 Å². The van der Waals surface area contributed by atoms with E-state index in [9.17, 15) is 4.39 Å². The minimum Gasteiger partial charge on any atom is -0.461 e. The summed E-state index contributed by atoms with van der Waals surface area (Å²) < 4.78 is 38.0. The van der Waals surface area contributed by atoms with E-state index in [0.717, 1.165) is 64.7 Å². The van der Waals surface area contributed by atoms with E-state index in [1.807, 2.05) is 6.07 Å². The number of ether oxygens (including phenoxy) is 1. The molecule has 2 bridgehead atoms. The number of benzene rings is 2. The summed E-state index contributed by atoms with van der Waals surface area (Å²) >= 11 is 0. The highest BCUT2D eigenvalue weighted by Gasteiger charge is 2.44. The van der Waals surface area contributed by atoms with Crippen molar-refractivity contribution >= 4 is 27.5 Å². The predicted molar refractivity (Wildman–Crippen MR) is 168 cm³/mol. The van der Waals surface area contributed by atoms with Crippen LogP contribution in [0.1, 0.15) is 44.1 Å². The topological polar surface area (TPSA) is 66.4 Å². The molecule has 1 N–H and O–H groups in total. The van der Waals surface area contributed by atoms with Crippen LogP contribution >= 0.6 is 0 Å². The number of rotatable bonds is 5. The molecule has 0 saturated carbocycles. The lowest BCUT2D eigenvalue weighted by molar-refractivity contribution is 0.0559. The summed E-state index contributed by atoms with van der Waals surface area (Å²) in [5.41, 5.74) is 1.86. The van der Waals surface area contributed by atoms with E-state index in [1.165, 1.54) is 11.6 Å². The first-order chi connectivity index (χ1) is 21.4. The second-order valence-corrected chi connectivity index (χ2v) is 12.8. The van der Waals surface area contributed by atoms with Gasteiger partial charge < -0.3 is 15.0 Å². The Morgan fingerprint density at radius 2 is 1.95 bits per heavy atom. The number of nitrogens with zero attached hydrogens (tertiary/aromatic N) is 5. The first-order valence-electron chi connectivity index (χ1n) is 15.5. The van der Waals surface area contributed by atoms with Crippen molar-refractivity contribution in [3.8, 4) is 29.6 Å². The summed E-state index contributed by atoms with van der Waals surface area (Å²) in [6.07, 6.45) is 13.7. The highest BCUT2D eigenvalue weighted by Crippen LogP contribution is 2.41. The van der Waals surface area contributed by atoms with Crippen LogP contribution in [0.25, 0.3) is 32.9 Å². The average molecular weight is 593 g/mol. The quantitative estimate of drug-likeness (QED) is 0.239. The van der Waals surface area contributed by atoms with Crippen molar-refractivity contribution in [3.63, 3.8) is 0 Å². The molecule has 7 nitrogen and oxygen atoms in total. The van der Waals surface area contributed by atoms with Crippen molar-refractivity contribution in [2.45, 2.75) is 56.1 Å². The summed E-state index contributed by atoms with van der Waals surface area (Å²) in [6.45, 7) is 8.08. The second kappa shape index (κ2) is 10.5. The van der Waals surface area contributed by atoms with Crippen molar-refractivity contribution in [1.29, 1.82) is 0 Å². The Morgan fingerprint density at radius 3 is 2.77 bits per heavy atom. The fraction of sp³-hybridized carbons (Fsp3) is 0.400. The molecule has 4 fully saturated rings. The highest BCUT2D eigenvalue weighted by atomic mass is 19.1. The number of anilines is 1. The molecule has 0 spiro atoms. The van der Waals surface area contributed by atoms with Crippen LogP contribution in [0.5, 0.6) is 6.01 Å². The molecule has 4 saturated heterocycles. The lowest BCUT2D eigenvalue weighted by Gasteiger charge is -2.42. The van der Waals surface area contributed by atoms with E-state index >= 15 is 4.39 Å². The molecule has 224 valence electrons. The zero-order valence-corrected chi connectivity index (χ0v) is 24.6. The van der Waals surface area contributed by atoms with Gasteiger partial charge in [0.2, 0.25) is 0 Å². The fourth-order valence-electron chi connectivity index (χ4n) is 7.89. The van der Waals surface area contributed by atoms with Crippen molar-refractivity contribution in [3.05, 3.63) is 65.9 Å². The number of pyridine rings is 1. The molecule has 4 aliphatic heterocycles. The molecule has 0 radical (unpaired) electrons. The first kappa shape index (κ1) is 27.4. The normalized spacial score (nSPS) is 25.0. The molecular formula is C35H34F2N6O. The molecule has 0 aliphatic carbocycles. The molecule has 44 heavy (non-hydrogen) atoms. The molecule has 8 rings (SSSR count). The summed E-state index contributed by atoms with van der Waals surface area (Å²) in [5.74, 6) is 1.95. The Morgan fingerprint density at radius 1 is 1.11 bits per heavy atom. The van der Waals surface area contributed by atoms with Gasteiger partial charge in [0.05, 0.1) is 16.5 Å². The third kappa shape index (κ3) is 4.42. The molecular weight excluding hydrogens is 558 g/mol. The van der Waals surface area contributed by atoms with Crippen LogP contribution in [-0.4, -0.2) is 70.3 Å². The number of aromatic nitrogens is 3. The van der Waals surface area contributed by atoms with Crippen LogP contribution in [0.3, 0.4) is 0 Å². The van der Waals surface area contributed by atoms with Crippen molar-refractivity contribution < 1.29 is 13.5 Å². The molecule has 3 unspecified atom stereocenters. The third-order valence-electron chi connectivity index (χ3n) is 10.1. The number of fused-ring (bicyclic) bond motifs is 5. The van der Waals surface area contributed by atoms with Gasteiger partial charge >= 0.3 is 6.01 Å². The van der Waals surface area contributed by atoms with Gasteiger partial charge in [0, 0.05) is 48.9 Å². The predicted octanol–water partition coefficient (Wildman–Crippen LogP) is 5.61. The number of halogens is 2. The average Bonchev–Trinajstić information content (AvgIpc) is 3.61. The summed E-state index contributed by atoms with van der Waals surface area (Å²) in [5, 5.41) is 5.34. The number of piperazine rings is 1. The van der Waals surface area contributed by atoms with Gasteiger partial charge in [-0.05, 0) is 56.5 Å². The van der Waals surface area contributed by atoms with Crippen LogP contribution in [0.2, 0.25) is 0 Å². The van der Waals surface area contributed by atoms with E-state index in [4.69, 9.17) is 16.1 Å². The summed E-state index contributed by atoms with van der Waals surface area (Å²) in [7, 11) is 0. The van der Waals surface area contributed by atoms with Gasteiger partial charge in [0.15, 0.2) is 5.82 Å². The van der Waals surface area contributed by atoms with Crippen LogP contribution in [-0.2, 0) is 0 Å². The van der Waals surface area contributed by atoms with Crippen LogP contribution in [0, 0.1) is 24.0 Å². The Bertz CT molecular complexity index is 1860. The molecule has 2 aromatic heterocycles. The molecule has 9 heteroatoms. The van der Waals surface area contributed by atoms with Crippen molar-refractivity contribution in [2.24, 2.45) is 0 Å². The second-order valence-electron chi connectivity index (χ2n) is 12.8. The maximum atomic E-state index is 16.8. The highest BCUT2D eigenvalue weighted by molar-refractivity contribution is 6.02. The number of piperidine rings is 1. The molecule has 3 atom stereocenters. The standard InChI is InChI=1S/C35H34F2N6O/c1-3-25-28(36)11-8-22-6-4-7-26(29(22)25)31-30(37)32-27(16-38-31)33(42-18-23-9-10-24(19-42)39-23)41-34(40-32)44-20-35-13-5-15-43(35)17-21(2)12-14-35/h1,4,6-8,11,16,23-24,39H,2,5,9-10,12-15,17-20H2. The molecule has 6 heterocycles. The summed E-state index contributed by atoms with van der Waals surface area (Å²) in [6, 6.07) is 9.20. The fourth-order valence-corrected chi connectivity index (χ4v) is 7.89. The van der Waals surface area contributed by atoms with Crippen LogP contribution in [0.4, 0.5) is 14.6 Å². The van der Waals surface area contributed by atoms with Crippen LogP contribution in [0.15, 0.2) is 48.7 Å². The van der Waals surface area contributed by atoms with E-state index in [0.29, 0.717) is 46.2 Å². The SMILES string of the molecule is C#Cc1c(F)ccc2cccc(-c3ncc4c(N5CC6CCC(C5)N6)nc(OCC56CCCN5CC(=C)CC6)nc4c3F)c12. The van der Waals surface area contributed by atoms with Crippen molar-refractivity contribution in [1.82, 2.24) is 25.2 Å². The molecule has 0 amide bonds. The number of terminal acetylenes is 1. The maximum Gasteiger partial charge on any atom is 0.319 e. The van der Waals surface area contributed by atoms with Gasteiger partial charge in [-0.15, -0.1) is 6.42 Å². The number of nitrogens with one attached hydrogen (secondary N) is 1. The first-order valence-corrected chi connectivity index (χ1v) is 15.5. The molecule has 4 aromatic rings. The summed E-state index contributed by atoms with van der Waals surface area (Å²) in [4.78, 5) is 18.9. The van der Waals surface area contributed by atoms with E-state index in [1.54, 1.807) is 24.4 Å². The van der Waals surface area contributed by atoms with Gasteiger partial charge in [0.1, 0.15) is 29.5 Å². The zero-order chi connectivity index (χ0) is 30.0. The molecule has 2 aromatic carbocycles. The lowest BCUT2D eigenvalue weighted by atomic mass is 9.86. The van der Waals surface area contributed by atoms with Gasteiger partial charge in [-0.3, -0.25) is 9.88 Å². The minimum atomic E-state index is -0.608. The van der Waals surface area contributed by atoms with Crippen LogP contribution < -0.4 is 15.0 Å². The largest absolute Gasteiger partial charge is 0.461 e. The van der Waals surface area contributed by atoms with E-state index < -0.39 is 11.6 Å². The zero-order valence-electron chi connectivity index (χ0n) is 24.6. The smallest absolute Gasteiger partial charge is 0.319 e. The van der Waals surface area contributed by atoms with Gasteiger partial charge in [-0.2, -0.15) is 9.97 Å². The maximum absolute atomic E-state index is 16.8. The lowest BCUT2D eigenvalue weighted by Crippen LogP contribution is -2.52. The third-order valence-corrected chi connectivity index (χ3v) is 10.1. The molecule has 4 aliphatic rings. The monoisotopic (exact) mass is 592 g/mol. The van der Waals surface area contributed by atoms with E-state index in [-0.39, 0.29) is 28.3 Å². The Hall–Kier alpha value is -4.13. The van der Waals surface area contributed by atoms with Crippen molar-refractivity contribution in [2.75, 3.05) is 37.7 Å². The van der Waals surface area contributed by atoms with Gasteiger partial charge in [-0.1, -0.05) is 42.3 Å². The van der Waals surface area contributed by atoms with E-state index in [2.05, 4.69) is 37.6 Å².